The summed E-state index contributed by atoms with van der Waals surface area (Å²) in [6.45, 7) is 3.49. The van der Waals surface area contributed by atoms with Crippen LogP contribution in [0.15, 0.2) is 64.3 Å². The average Bonchev–Trinajstić information content (AvgIpc) is 2.92. The number of Topliss-reactive ketones (excluding diaryl/α,β-unsaturated/α-hetero) is 1. The van der Waals surface area contributed by atoms with Crippen molar-refractivity contribution in [2.45, 2.75) is 19.9 Å². The number of ketones is 1. The molecule has 1 aliphatic rings. The zero-order chi connectivity index (χ0) is 19.7. The van der Waals surface area contributed by atoms with Crippen molar-refractivity contribution >= 4 is 33.3 Å². The number of hydrogen-bond donors (Lipinski definition) is 1. The van der Waals surface area contributed by atoms with E-state index in [4.69, 9.17) is 4.74 Å². The Kier molecular flexibility index (Phi) is 5.37. The second-order valence-corrected chi connectivity index (χ2v) is 7.49. The van der Waals surface area contributed by atoms with Crippen LogP contribution in [0, 0.1) is 5.92 Å². The number of anilines is 1. The van der Waals surface area contributed by atoms with E-state index in [0.29, 0.717) is 17.0 Å². The van der Waals surface area contributed by atoms with Crippen LogP contribution in [0.25, 0.3) is 0 Å². The van der Waals surface area contributed by atoms with Gasteiger partial charge in [0.05, 0.1) is 18.7 Å². The molecule has 0 saturated carbocycles. The van der Waals surface area contributed by atoms with E-state index in [2.05, 4.69) is 15.9 Å². The maximum absolute atomic E-state index is 12.9. The first kappa shape index (κ1) is 19.2. The van der Waals surface area contributed by atoms with Crippen LogP contribution in [0.1, 0.15) is 25.5 Å². The molecule has 0 unspecified atom stereocenters. The quantitative estimate of drug-likeness (QED) is 0.754. The lowest BCUT2D eigenvalue weighted by Gasteiger charge is -2.28. The summed E-state index contributed by atoms with van der Waals surface area (Å²) >= 11 is 3.38. The molecular weight excluding hydrogens is 410 g/mol. The number of benzene rings is 2. The van der Waals surface area contributed by atoms with Gasteiger partial charge in [0, 0.05) is 21.6 Å². The summed E-state index contributed by atoms with van der Waals surface area (Å²) in [5.41, 5.74) is 1.32. The molecule has 1 atom stereocenters. The maximum Gasteiger partial charge on any atom is 0.294 e. The minimum Gasteiger partial charge on any atom is -0.503 e. The minimum absolute atomic E-state index is 0.0995. The molecule has 140 valence electrons. The number of methoxy groups -OCH3 is 1. The van der Waals surface area contributed by atoms with E-state index in [1.807, 2.05) is 12.1 Å². The fourth-order valence-electron chi connectivity index (χ4n) is 3.22. The van der Waals surface area contributed by atoms with Gasteiger partial charge in [0.2, 0.25) is 0 Å². The van der Waals surface area contributed by atoms with Crippen LogP contribution >= 0.6 is 15.9 Å². The number of nitrogens with zero attached hydrogens (tertiary/aromatic N) is 1. The van der Waals surface area contributed by atoms with Crippen LogP contribution in [0.4, 0.5) is 5.69 Å². The molecule has 0 spiro atoms. The molecule has 0 saturated heterocycles. The molecule has 0 radical (unpaired) electrons. The van der Waals surface area contributed by atoms with Gasteiger partial charge in [-0.25, -0.2) is 0 Å². The lowest BCUT2D eigenvalue weighted by Crippen LogP contribution is -2.31. The molecule has 6 heteroatoms. The Morgan fingerprint density at radius 3 is 2.37 bits per heavy atom. The Hall–Kier alpha value is -2.60. The number of aliphatic hydroxyl groups is 1. The highest BCUT2D eigenvalue weighted by molar-refractivity contribution is 9.10. The van der Waals surface area contributed by atoms with Crippen molar-refractivity contribution in [3.05, 3.63) is 69.9 Å². The van der Waals surface area contributed by atoms with E-state index in [9.17, 15) is 14.7 Å². The predicted molar refractivity (Wildman–Crippen MR) is 107 cm³/mol. The number of rotatable bonds is 5. The lowest BCUT2D eigenvalue weighted by atomic mass is 9.90. The van der Waals surface area contributed by atoms with Gasteiger partial charge in [-0.15, -0.1) is 0 Å². The molecule has 5 nitrogen and oxygen atoms in total. The number of amides is 1. The van der Waals surface area contributed by atoms with Crippen molar-refractivity contribution < 1.29 is 19.4 Å². The van der Waals surface area contributed by atoms with Crippen LogP contribution < -0.4 is 9.64 Å². The van der Waals surface area contributed by atoms with Crippen molar-refractivity contribution in [3.8, 4) is 5.75 Å². The summed E-state index contributed by atoms with van der Waals surface area (Å²) in [7, 11) is 1.53. The van der Waals surface area contributed by atoms with Crippen LogP contribution in [-0.2, 0) is 9.59 Å². The van der Waals surface area contributed by atoms with Crippen LogP contribution in [-0.4, -0.2) is 23.9 Å². The Balaban J connectivity index is 2.23. The molecule has 2 aromatic carbocycles. The number of halogens is 1. The largest absolute Gasteiger partial charge is 0.503 e. The zero-order valence-electron chi connectivity index (χ0n) is 15.3. The van der Waals surface area contributed by atoms with Crippen LogP contribution in [0.3, 0.4) is 0 Å². The third-order valence-electron chi connectivity index (χ3n) is 4.54. The summed E-state index contributed by atoms with van der Waals surface area (Å²) in [6.07, 6.45) is 0. The Morgan fingerprint density at radius 2 is 1.78 bits per heavy atom. The van der Waals surface area contributed by atoms with Gasteiger partial charge in [-0.2, -0.15) is 0 Å². The van der Waals surface area contributed by atoms with E-state index in [-0.39, 0.29) is 17.3 Å². The smallest absolute Gasteiger partial charge is 0.294 e. The molecule has 1 amide bonds. The molecule has 1 N–H and O–H groups in total. The first-order valence-corrected chi connectivity index (χ1v) is 9.35. The summed E-state index contributed by atoms with van der Waals surface area (Å²) in [4.78, 5) is 27.2. The molecule has 1 heterocycles. The van der Waals surface area contributed by atoms with E-state index in [1.165, 1.54) is 12.0 Å². The number of para-hydroxylation sites is 1. The number of carbonyl (C=O) groups excluding carboxylic acids is 2. The van der Waals surface area contributed by atoms with Crippen molar-refractivity contribution in [2.75, 3.05) is 12.0 Å². The van der Waals surface area contributed by atoms with E-state index in [1.54, 1.807) is 50.2 Å². The lowest BCUT2D eigenvalue weighted by molar-refractivity contribution is -0.119. The fourth-order valence-corrected chi connectivity index (χ4v) is 3.49. The van der Waals surface area contributed by atoms with E-state index >= 15 is 0 Å². The van der Waals surface area contributed by atoms with Gasteiger partial charge >= 0.3 is 0 Å². The highest BCUT2D eigenvalue weighted by Gasteiger charge is 2.45. The highest BCUT2D eigenvalue weighted by atomic mass is 79.9. The van der Waals surface area contributed by atoms with Gasteiger partial charge in [0.1, 0.15) is 5.75 Å². The second kappa shape index (κ2) is 7.56. The van der Waals surface area contributed by atoms with Crippen LogP contribution in [0.2, 0.25) is 0 Å². The number of hydrogen-bond acceptors (Lipinski definition) is 4. The van der Waals surface area contributed by atoms with Crippen molar-refractivity contribution in [3.63, 3.8) is 0 Å². The maximum atomic E-state index is 12.9. The number of aliphatic hydroxyl groups excluding tert-OH is 1. The Morgan fingerprint density at radius 1 is 1.15 bits per heavy atom. The standard InChI is InChI=1S/C21H20BrNO4/c1-12(2)19(24)17-18(15-6-4-5-7-16(15)27-3)23(21(26)20(17)25)14-10-8-13(22)9-11-14/h4-12,18,25H,1-3H3/t18-/m1/s1. The molecule has 2 aromatic rings. The van der Waals surface area contributed by atoms with Gasteiger partial charge in [-0.1, -0.05) is 48.0 Å². The number of carbonyl (C=O) groups is 2. The minimum atomic E-state index is -0.760. The molecule has 3 rings (SSSR count). The molecule has 0 aliphatic carbocycles. The molecule has 0 bridgehead atoms. The van der Waals surface area contributed by atoms with E-state index in [0.717, 1.165) is 4.47 Å². The Labute approximate surface area is 166 Å². The third kappa shape index (κ3) is 3.37. The second-order valence-electron chi connectivity index (χ2n) is 6.58. The Bertz CT molecular complexity index is 918. The van der Waals surface area contributed by atoms with Crippen molar-refractivity contribution in [1.29, 1.82) is 0 Å². The molecular formula is C21H20BrNO4. The fraction of sp³-hybridized carbons (Fsp3) is 0.238. The summed E-state index contributed by atoms with van der Waals surface area (Å²) in [5.74, 6) is -1.20. The normalized spacial score (nSPS) is 17.0. The van der Waals surface area contributed by atoms with Gasteiger partial charge in [0.15, 0.2) is 11.5 Å². The molecule has 27 heavy (non-hydrogen) atoms. The molecule has 0 fully saturated rings. The van der Waals surface area contributed by atoms with Crippen LogP contribution in [0.5, 0.6) is 5.75 Å². The first-order chi connectivity index (χ1) is 12.9. The summed E-state index contributed by atoms with van der Waals surface area (Å²) in [6, 6.07) is 13.6. The van der Waals surface area contributed by atoms with Gasteiger partial charge in [-0.05, 0) is 30.3 Å². The molecule has 0 aromatic heterocycles. The summed E-state index contributed by atoms with van der Waals surface area (Å²) < 4.78 is 6.32. The van der Waals surface area contributed by atoms with Gasteiger partial charge in [0.25, 0.3) is 5.91 Å². The third-order valence-corrected chi connectivity index (χ3v) is 5.06. The topological polar surface area (TPSA) is 66.8 Å². The monoisotopic (exact) mass is 429 g/mol. The van der Waals surface area contributed by atoms with E-state index < -0.39 is 17.7 Å². The first-order valence-electron chi connectivity index (χ1n) is 8.56. The van der Waals surface area contributed by atoms with Gasteiger partial charge < -0.3 is 9.84 Å². The number of ether oxygens (including phenoxy) is 1. The van der Waals surface area contributed by atoms with Crippen molar-refractivity contribution in [2.24, 2.45) is 5.92 Å². The zero-order valence-corrected chi connectivity index (χ0v) is 16.9. The van der Waals surface area contributed by atoms with Gasteiger partial charge in [-0.3, -0.25) is 14.5 Å². The predicted octanol–water partition coefficient (Wildman–Crippen LogP) is 4.58. The molecule has 1 aliphatic heterocycles. The highest BCUT2D eigenvalue weighted by Crippen LogP contribution is 2.44. The summed E-state index contributed by atoms with van der Waals surface area (Å²) in [5, 5.41) is 10.6. The average molecular weight is 430 g/mol. The SMILES string of the molecule is COc1ccccc1[C@@H]1C(C(=O)C(C)C)=C(O)C(=O)N1c1ccc(Br)cc1. The van der Waals surface area contributed by atoms with Crippen molar-refractivity contribution in [1.82, 2.24) is 0 Å².